The Morgan fingerprint density at radius 2 is 1.68 bits per heavy atom. The van der Waals surface area contributed by atoms with Crippen LogP contribution in [-0.4, -0.2) is 27.1 Å². The minimum atomic E-state index is -3.85. The molecule has 1 heterocycles. The van der Waals surface area contributed by atoms with Gasteiger partial charge in [-0.3, -0.25) is 9.29 Å². The number of benzene rings is 3. The van der Waals surface area contributed by atoms with Crippen molar-refractivity contribution in [2.24, 2.45) is 0 Å². The molecule has 0 saturated carbocycles. The highest BCUT2D eigenvalue weighted by Crippen LogP contribution is 2.32. The van der Waals surface area contributed by atoms with Crippen molar-refractivity contribution in [2.75, 3.05) is 18.0 Å². The van der Waals surface area contributed by atoms with E-state index < -0.39 is 10.0 Å². The van der Waals surface area contributed by atoms with E-state index in [1.807, 2.05) is 61.5 Å². The summed E-state index contributed by atoms with van der Waals surface area (Å²) in [6, 6.07) is 23.6. The van der Waals surface area contributed by atoms with E-state index in [0.717, 1.165) is 16.8 Å². The number of aryl methyl sites for hydroxylation is 1. The molecule has 31 heavy (non-hydrogen) atoms. The number of fused-ring (bicyclic) bond motifs is 1. The normalized spacial score (nSPS) is 11.6. The molecular formula is C24H22ClN3O2S. The van der Waals surface area contributed by atoms with E-state index in [1.165, 1.54) is 4.31 Å². The standard InChI is InChI=1S/C24H22ClN3O2S/c1-17-21(18-11-13-19(25)14-12-18)15-22-23(27-17)9-6-10-24(22)31(29,30)28(16-26-2)20-7-4-3-5-8-20/h3-15,26H,16H2,1-2H3. The SMILES string of the molecule is CNCN(c1ccccc1)S(=O)(=O)c1cccc2nc(C)c(-c3ccc(Cl)cc3)cc12. The maximum Gasteiger partial charge on any atom is 0.266 e. The van der Waals surface area contributed by atoms with Gasteiger partial charge in [0.05, 0.1) is 22.8 Å². The first kappa shape index (κ1) is 21.3. The molecule has 0 unspecified atom stereocenters. The summed E-state index contributed by atoms with van der Waals surface area (Å²) in [5, 5.41) is 4.18. The Hall–Kier alpha value is -2.93. The van der Waals surface area contributed by atoms with Crippen molar-refractivity contribution in [1.82, 2.24) is 10.3 Å². The number of halogens is 1. The molecule has 0 aliphatic carbocycles. The van der Waals surface area contributed by atoms with Crippen LogP contribution in [0.4, 0.5) is 5.69 Å². The number of hydrogen-bond acceptors (Lipinski definition) is 4. The van der Waals surface area contributed by atoms with Gasteiger partial charge >= 0.3 is 0 Å². The Labute approximate surface area is 187 Å². The fourth-order valence-electron chi connectivity index (χ4n) is 3.58. The van der Waals surface area contributed by atoms with E-state index in [0.29, 0.717) is 21.6 Å². The number of sulfonamides is 1. The molecule has 0 spiro atoms. The maximum atomic E-state index is 13.8. The first-order valence-corrected chi connectivity index (χ1v) is 11.6. The summed E-state index contributed by atoms with van der Waals surface area (Å²) in [7, 11) is -2.13. The van der Waals surface area contributed by atoms with Crippen molar-refractivity contribution in [3.05, 3.63) is 89.6 Å². The molecule has 4 aromatic rings. The van der Waals surface area contributed by atoms with Crippen molar-refractivity contribution in [3.8, 4) is 11.1 Å². The number of nitrogens with zero attached hydrogens (tertiary/aromatic N) is 2. The Balaban J connectivity index is 1.92. The summed E-state index contributed by atoms with van der Waals surface area (Å²) < 4.78 is 28.9. The lowest BCUT2D eigenvalue weighted by Gasteiger charge is -2.25. The van der Waals surface area contributed by atoms with E-state index in [4.69, 9.17) is 16.6 Å². The highest BCUT2D eigenvalue weighted by atomic mass is 35.5. The second-order valence-corrected chi connectivity index (χ2v) is 9.42. The van der Waals surface area contributed by atoms with Crippen LogP contribution in [0.2, 0.25) is 5.02 Å². The van der Waals surface area contributed by atoms with Gasteiger partial charge in [-0.25, -0.2) is 8.42 Å². The summed E-state index contributed by atoms with van der Waals surface area (Å²) in [6.07, 6.45) is 0. The summed E-state index contributed by atoms with van der Waals surface area (Å²) in [5.74, 6) is 0. The zero-order valence-corrected chi connectivity index (χ0v) is 18.8. The number of anilines is 1. The minimum Gasteiger partial charge on any atom is -0.302 e. The first-order chi connectivity index (χ1) is 14.9. The highest BCUT2D eigenvalue weighted by molar-refractivity contribution is 7.93. The van der Waals surface area contributed by atoms with Crippen LogP contribution in [0.3, 0.4) is 0 Å². The molecule has 0 aliphatic heterocycles. The quantitative estimate of drug-likeness (QED) is 0.407. The number of nitrogens with one attached hydrogen (secondary N) is 1. The smallest absolute Gasteiger partial charge is 0.266 e. The lowest BCUT2D eigenvalue weighted by molar-refractivity contribution is 0.588. The van der Waals surface area contributed by atoms with Crippen LogP contribution in [0.25, 0.3) is 22.0 Å². The summed E-state index contributed by atoms with van der Waals surface area (Å²) in [4.78, 5) is 4.91. The molecule has 0 aliphatic rings. The van der Waals surface area contributed by atoms with Crippen LogP contribution in [0, 0.1) is 6.92 Å². The van der Waals surface area contributed by atoms with E-state index >= 15 is 0 Å². The number of aromatic nitrogens is 1. The Morgan fingerprint density at radius 3 is 2.35 bits per heavy atom. The predicted molar refractivity (Wildman–Crippen MR) is 127 cm³/mol. The van der Waals surface area contributed by atoms with E-state index in [2.05, 4.69) is 5.32 Å². The van der Waals surface area contributed by atoms with Gasteiger partial charge in [0.25, 0.3) is 10.0 Å². The maximum absolute atomic E-state index is 13.8. The average Bonchev–Trinajstić information content (AvgIpc) is 2.77. The Kier molecular flexibility index (Phi) is 5.96. The molecule has 0 amide bonds. The number of para-hydroxylation sites is 1. The van der Waals surface area contributed by atoms with E-state index in [1.54, 1.807) is 31.3 Å². The molecule has 1 N–H and O–H groups in total. The molecule has 0 radical (unpaired) electrons. The van der Waals surface area contributed by atoms with E-state index in [9.17, 15) is 8.42 Å². The first-order valence-electron chi connectivity index (χ1n) is 9.80. The minimum absolute atomic E-state index is 0.145. The molecule has 7 heteroatoms. The largest absolute Gasteiger partial charge is 0.302 e. The topological polar surface area (TPSA) is 62.3 Å². The molecule has 158 valence electrons. The van der Waals surface area contributed by atoms with Gasteiger partial charge in [-0.1, -0.05) is 48.0 Å². The van der Waals surface area contributed by atoms with Crippen LogP contribution in [-0.2, 0) is 10.0 Å². The molecule has 0 bridgehead atoms. The van der Waals surface area contributed by atoms with Gasteiger partial charge in [-0.15, -0.1) is 0 Å². The fourth-order valence-corrected chi connectivity index (χ4v) is 5.34. The average molecular weight is 452 g/mol. The van der Waals surface area contributed by atoms with Crippen LogP contribution in [0.15, 0.2) is 83.8 Å². The van der Waals surface area contributed by atoms with Crippen LogP contribution in [0.5, 0.6) is 0 Å². The summed E-state index contributed by atoms with van der Waals surface area (Å²) in [5.41, 5.74) is 3.84. The van der Waals surface area contributed by atoms with Crippen LogP contribution < -0.4 is 9.62 Å². The zero-order chi connectivity index (χ0) is 22.0. The lowest BCUT2D eigenvalue weighted by atomic mass is 10.0. The summed E-state index contributed by atoms with van der Waals surface area (Å²) in [6.45, 7) is 2.06. The molecule has 0 fully saturated rings. The van der Waals surface area contributed by atoms with Crippen molar-refractivity contribution >= 4 is 38.2 Å². The van der Waals surface area contributed by atoms with Gasteiger partial charge in [0.1, 0.15) is 0 Å². The Morgan fingerprint density at radius 1 is 0.968 bits per heavy atom. The number of rotatable bonds is 6. The molecule has 4 rings (SSSR count). The van der Waals surface area contributed by atoms with E-state index in [-0.39, 0.29) is 11.6 Å². The molecule has 0 atom stereocenters. The molecule has 5 nitrogen and oxygen atoms in total. The second kappa shape index (κ2) is 8.67. The van der Waals surface area contributed by atoms with Gasteiger partial charge in [0.2, 0.25) is 0 Å². The molecular weight excluding hydrogens is 430 g/mol. The Bertz CT molecular complexity index is 1320. The zero-order valence-electron chi connectivity index (χ0n) is 17.2. The van der Waals surface area contributed by atoms with Crippen molar-refractivity contribution in [1.29, 1.82) is 0 Å². The summed E-state index contributed by atoms with van der Waals surface area (Å²) >= 11 is 6.04. The van der Waals surface area contributed by atoms with Gasteiger partial charge in [0, 0.05) is 21.7 Å². The van der Waals surface area contributed by atoms with Crippen LogP contribution in [0.1, 0.15) is 5.69 Å². The molecule has 3 aromatic carbocycles. The lowest BCUT2D eigenvalue weighted by Crippen LogP contribution is -2.37. The monoisotopic (exact) mass is 451 g/mol. The van der Waals surface area contributed by atoms with Gasteiger partial charge < -0.3 is 5.32 Å². The number of pyridine rings is 1. The highest BCUT2D eigenvalue weighted by Gasteiger charge is 2.27. The second-order valence-electron chi connectivity index (χ2n) is 7.15. The fraction of sp³-hybridized carbons (Fsp3) is 0.125. The molecule has 1 aromatic heterocycles. The third-order valence-electron chi connectivity index (χ3n) is 5.08. The van der Waals surface area contributed by atoms with Crippen molar-refractivity contribution in [3.63, 3.8) is 0 Å². The van der Waals surface area contributed by atoms with Gasteiger partial charge in [0.15, 0.2) is 0 Å². The third-order valence-corrected chi connectivity index (χ3v) is 7.16. The van der Waals surface area contributed by atoms with Crippen molar-refractivity contribution < 1.29 is 8.42 Å². The van der Waals surface area contributed by atoms with Gasteiger partial charge in [-0.05, 0) is 62.0 Å². The van der Waals surface area contributed by atoms with Crippen LogP contribution >= 0.6 is 11.6 Å². The number of hydrogen-bond donors (Lipinski definition) is 1. The van der Waals surface area contributed by atoms with Gasteiger partial charge in [-0.2, -0.15) is 0 Å². The molecule has 0 saturated heterocycles. The predicted octanol–water partition coefficient (Wildman–Crippen LogP) is 5.24. The van der Waals surface area contributed by atoms with Crippen molar-refractivity contribution in [2.45, 2.75) is 11.8 Å². The third kappa shape index (κ3) is 4.14.